The highest BCUT2D eigenvalue weighted by Crippen LogP contribution is 2.41. The Hall–Kier alpha value is -3.66. The van der Waals surface area contributed by atoms with E-state index in [1.807, 2.05) is 56.3 Å². The van der Waals surface area contributed by atoms with Crippen molar-refractivity contribution in [3.8, 4) is 22.8 Å². The van der Waals surface area contributed by atoms with E-state index in [4.69, 9.17) is 21.9 Å². The summed E-state index contributed by atoms with van der Waals surface area (Å²) in [4.78, 5) is 19.3. The summed E-state index contributed by atoms with van der Waals surface area (Å²) in [5, 5.41) is 15.1. The number of piperidine rings is 1. The van der Waals surface area contributed by atoms with Gasteiger partial charge in [-0.1, -0.05) is 67.0 Å². The van der Waals surface area contributed by atoms with Crippen LogP contribution in [0.4, 0.5) is 8.78 Å². The quantitative estimate of drug-likeness (QED) is 0.169. The summed E-state index contributed by atoms with van der Waals surface area (Å²) in [5.41, 5.74) is 8.17. The third-order valence-electron chi connectivity index (χ3n) is 8.85. The number of hydrogen-bond donors (Lipinski definition) is 2. The monoisotopic (exact) mass is 650 g/mol. The number of carboxylic acids is 1. The van der Waals surface area contributed by atoms with Gasteiger partial charge in [0.05, 0.1) is 5.41 Å². The second-order valence-electron chi connectivity index (χ2n) is 13.7. The van der Waals surface area contributed by atoms with Gasteiger partial charge in [-0.05, 0) is 100 Å². The van der Waals surface area contributed by atoms with E-state index in [0.717, 1.165) is 28.7 Å². The molecule has 0 spiro atoms. The SMILES string of the molecule is CC(C)Cc1ccc(-c2nc(-c3ccc(C(CC(C)(C)N)N4CCC(Cc5c(F)cccc5F)(C(=O)O)CC4)cc3)no2)cc1Cl. The van der Waals surface area contributed by atoms with Gasteiger partial charge in [-0.3, -0.25) is 9.69 Å². The first-order valence-electron chi connectivity index (χ1n) is 15.7. The van der Waals surface area contributed by atoms with Gasteiger partial charge >= 0.3 is 5.97 Å². The fourth-order valence-corrected chi connectivity index (χ4v) is 6.58. The minimum Gasteiger partial charge on any atom is -0.481 e. The fraction of sp³-hybridized carbons (Fsp3) is 0.417. The molecule has 3 N–H and O–H groups in total. The van der Waals surface area contributed by atoms with Crippen molar-refractivity contribution < 1.29 is 23.2 Å². The Kier molecular flexibility index (Phi) is 9.96. The highest BCUT2D eigenvalue weighted by Gasteiger charge is 2.44. The van der Waals surface area contributed by atoms with Crippen LogP contribution in [0.1, 0.15) is 69.7 Å². The molecule has 0 bridgehead atoms. The largest absolute Gasteiger partial charge is 0.481 e. The molecule has 4 aromatic rings. The first-order valence-corrected chi connectivity index (χ1v) is 16.0. The number of aliphatic carboxylic acids is 1. The third kappa shape index (κ3) is 7.65. The van der Waals surface area contributed by atoms with Crippen LogP contribution in [0.3, 0.4) is 0 Å². The average Bonchev–Trinajstić information content (AvgIpc) is 3.49. The van der Waals surface area contributed by atoms with E-state index in [2.05, 4.69) is 28.9 Å². The molecular weight excluding hydrogens is 610 g/mol. The standard InChI is InChI=1S/C36H41ClF2N4O3/c1-22(2)18-25-12-13-26(19-28(25)37)33-41-32(42-46-33)24-10-8-23(9-11-24)31(21-35(3,4)40)43-16-14-36(15-17-43,34(44)45)20-27-29(38)6-5-7-30(27)39/h5-13,19,22,31H,14-18,20-21,40H2,1-4H3,(H,44,45). The molecule has 46 heavy (non-hydrogen) atoms. The second kappa shape index (κ2) is 13.6. The molecule has 0 amide bonds. The zero-order valence-electron chi connectivity index (χ0n) is 26.7. The van der Waals surface area contributed by atoms with Gasteiger partial charge in [0.1, 0.15) is 11.6 Å². The van der Waals surface area contributed by atoms with Crippen LogP contribution in [-0.4, -0.2) is 44.7 Å². The van der Waals surface area contributed by atoms with E-state index < -0.39 is 28.6 Å². The van der Waals surface area contributed by atoms with Crippen molar-refractivity contribution in [3.63, 3.8) is 0 Å². The maximum Gasteiger partial charge on any atom is 0.310 e. The number of nitrogens with two attached hydrogens (primary N) is 1. The Morgan fingerprint density at radius 3 is 2.26 bits per heavy atom. The first kappa shape index (κ1) is 33.7. The van der Waals surface area contributed by atoms with E-state index in [0.29, 0.717) is 42.2 Å². The van der Waals surface area contributed by atoms with Gasteiger partial charge in [-0.25, -0.2) is 8.78 Å². The molecule has 10 heteroatoms. The lowest BCUT2D eigenvalue weighted by molar-refractivity contribution is -0.152. The Balaban J connectivity index is 1.33. The molecule has 1 aliphatic rings. The summed E-state index contributed by atoms with van der Waals surface area (Å²) >= 11 is 6.52. The normalized spacial score (nSPS) is 16.1. The van der Waals surface area contributed by atoms with Crippen molar-refractivity contribution in [2.24, 2.45) is 17.1 Å². The van der Waals surface area contributed by atoms with E-state index in [1.54, 1.807) is 0 Å². The molecule has 5 rings (SSSR count). The predicted molar refractivity (Wildman–Crippen MR) is 175 cm³/mol. The van der Waals surface area contributed by atoms with Crippen LogP contribution < -0.4 is 5.73 Å². The number of hydrogen-bond acceptors (Lipinski definition) is 6. The van der Waals surface area contributed by atoms with Gasteiger partial charge < -0.3 is 15.4 Å². The Bertz CT molecular complexity index is 1660. The number of carboxylic acid groups (broad SMARTS) is 1. The van der Waals surface area contributed by atoms with E-state index in [-0.39, 0.29) is 30.9 Å². The lowest BCUT2D eigenvalue weighted by Crippen LogP contribution is -2.48. The van der Waals surface area contributed by atoms with E-state index in [9.17, 15) is 18.7 Å². The van der Waals surface area contributed by atoms with Crippen molar-refractivity contribution in [3.05, 3.63) is 94.0 Å². The number of aromatic nitrogens is 2. The van der Waals surface area contributed by atoms with Gasteiger partial charge in [-0.15, -0.1) is 0 Å². The Labute approximate surface area is 273 Å². The molecule has 1 fully saturated rings. The lowest BCUT2D eigenvalue weighted by Gasteiger charge is -2.44. The van der Waals surface area contributed by atoms with Gasteiger partial charge in [0.25, 0.3) is 5.89 Å². The number of nitrogens with zero attached hydrogens (tertiary/aromatic N) is 3. The average molecular weight is 651 g/mol. The van der Waals surface area contributed by atoms with Crippen LogP contribution in [0.5, 0.6) is 0 Å². The van der Waals surface area contributed by atoms with Crippen molar-refractivity contribution >= 4 is 17.6 Å². The lowest BCUT2D eigenvalue weighted by atomic mass is 9.73. The molecule has 1 aliphatic heterocycles. The van der Waals surface area contributed by atoms with Crippen molar-refractivity contribution in [2.75, 3.05) is 13.1 Å². The number of halogens is 3. The van der Waals surface area contributed by atoms with Crippen LogP contribution in [0.25, 0.3) is 22.8 Å². The summed E-state index contributed by atoms with van der Waals surface area (Å²) < 4.78 is 34.5. The van der Waals surface area contributed by atoms with Gasteiger partial charge in [0.2, 0.25) is 5.82 Å². The fourth-order valence-electron chi connectivity index (χ4n) is 6.32. The van der Waals surface area contributed by atoms with Crippen LogP contribution in [0.2, 0.25) is 5.02 Å². The zero-order valence-corrected chi connectivity index (χ0v) is 27.5. The van der Waals surface area contributed by atoms with Crippen LogP contribution in [0, 0.1) is 23.0 Å². The highest BCUT2D eigenvalue weighted by molar-refractivity contribution is 6.31. The molecule has 0 radical (unpaired) electrons. The van der Waals surface area contributed by atoms with Gasteiger partial charge in [-0.2, -0.15) is 4.98 Å². The predicted octanol–water partition coefficient (Wildman–Crippen LogP) is 8.11. The van der Waals surface area contributed by atoms with Crippen LogP contribution in [0.15, 0.2) is 65.2 Å². The molecule has 2 heterocycles. The van der Waals surface area contributed by atoms with E-state index >= 15 is 0 Å². The topological polar surface area (TPSA) is 105 Å². The van der Waals surface area contributed by atoms with Crippen LogP contribution in [-0.2, 0) is 17.6 Å². The van der Waals surface area contributed by atoms with E-state index in [1.165, 1.54) is 18.2 Å². The zero-order chi connectivity index (χ0) is 33.2. The van der Waals surface area contributed by atoms with Crippen molar-refractivity contribution in [2.45, 2.75) is 71.4 Å². The highest BCUT2D eigenvalue weighted by atomic mass is 35.5. The van der Waals surface area contributed by atoms with Crippen molar-refractivity contribution in [1.82, 2.24) is 15.0 Å². The molecule has 1 unspecified atom stereocenters. The summed E-state index contributed by atoms with van der Waals surface area (Å²) in [6.07, 6.45) is 1.81. The summed E-state index contributed by atoms with van der Waals surface area (Å²) in [6.45, 7) is 9.10. The second-order valence-corrected chi connectivity index (χ2v) is 14.1. The molecule has 0 aliphatic carbocycles. The Morgan fingerprint density at radius 2 is 1.70 bits per heavy atom. The van der Waals surface area contributed by atoms with Crippen molar-refractivity contribution in [1.29, 1.82) is 0 Å². The molecule has 0 saturated carbocycles. The summed E-state index contributed by atoms with van der Waals surface area (Å²) in [6, 6.07) is 17.2. The maximum absolute atomic E-state index is 14.5. The third-order valence-corrected chi connectivity index (χ3v) is 9.21. The van der Waals surface area contributed by atoms with Gasteiger partial charge in [0, 0.05) is 33.3 Å². The number of benzene rings is 3. The number of rotatable bonds is 11. The summed E-state index contributed by atoms with van der Waals surface area (Å²) in [7, 11) is 0. The molecule has 7 nitrogen and oxygen atoms in total. The Morgan fingerprint density at radius 1 is 1.07 bits per heavy atom. The molecular formula is C36H41ClF2N4O3. The minimum atomic E-state index is -1.26. The molecule has 1 saturated heterocycles. The molecule has 1 atom stereocenters. The molecule has 244 valence electrons. The number of likely N-dealkylation sites (tertiary alicyclic amines) is 1. The first-order chi connectivity index (χ1) is 21.7. The number of carbonyl (C=O) groups is 1. The molecule has 1 aromatic heterocycles. The summed E-state index contributed by atoms with van der Waals surface area (Å²) in [5.74, 6) is -1.16. The van der Waals surface area contributed by atoms with Gasteiger partial charge in [0.15, 0.2) is 0 Å². The molecule has 3 aromatic carbocycles. The smallest absolute Gasteiger partial charge is 0.310 e. The van der Waals surface area contributed by atoms with Crippen LogP contribution >= 0.6 is 11.6 Å². The minimum absolute atomic E-state index is 0.0987. The maximum atomic E-state index is 14.5.